The average Bonchev–Trinajstić information content (AvgIpc) is 2.43. The fraction of sp³-hybridized carbons (Fsp3) is 0.938. The normalized spacial score (nSPS) is 10.8. The highest BCUT2D eigenvalue weighted by molar-refractivity contribution is 6.19. The van der Waals surface area contributed by atoms with Gasteiger partial charge in [-0.2, -0.15) is 0 Å². The van der Waals surface area contributed by atoms with Crippen molar-refractivity contribution in [1.29, 1.82) is 0 Å². The first-order valence-electron chi connectivity index (χ1n) is 8.36. The van der Waals surface area contributed by atoms with Crippen molar-refractivity contribution in [3.8, 4) is 0 Å². The van der Waals surface area contributed by atoms with E-state index in [0.29, 0.717) is 6.42 Å². The summed E-state index contributed by atoms with van der Waals surface area (Å²) >= 11 is 5.12. The van der Waals surface area contributed by atoms with E-state index in [1.54, 1.807) is 0 Å². The van der Waals surface area contributed by atoms with Crippen LogP contribution < -0.4 is 0 Å². The van der Waals surface area contributed by atoms with Crippen molar-refractivity contribution >= 4 is 17.7 Å². The molecular weight excluding hydrogens is 274 g/mol. The number of amides is 1. The van der Waals surface area contributed by atoms with Crippen molar-refractivity contribution in [3.05, 3.63) is 0 Å². The Bertz CT molecular complexity index is 223. The lowest BCUT2D eigenvalue weighted by Gasteiger charge is -2.05. The minimum atomic E-state index is -0.408. The van der Waals surface area contributed by atoms with Crippen LogP contribution in [0.4, 0.5) is 0 Å². The van der Waals surface area contributed by atoms with Crippen LogP contribution >= 0.6 is 11.8 Å². The molecule has 0 unspecified atom stereocenters. The molecule has 0 heterocycles. The van der Waals surface area contributed by atoms with Gasteiger partial charge in [-0.25, -0.2) is 0 Å². The van der Waals surface area contributed by atoms with Gasteiger partial charge in [0.25, 0.3) is 5.91 Å². The number of rotatable bonds is 14. The molecule has 0 aromatic rings. The van der Waals surface area contributed by atoms with Crippen molar-refractivity contribution < 1.29 is 10.0 Å². The third kappa shape index (κ3) is 14.1. The van der Waals surface area contributed by atoms with Gasteiger partial charge in [0.2, 0.25) is 0 Å². The molecule has 1 amide bonds. The molecule has 0 radical (unpaired) electrons. The highest BCUT2D eigenvalue weighted by atomic mass is 35.5. The second-order valence-corrected chi connectivity index (χ2v) is 5.97. The largest absolute Gasteiger partial charge is 0.271 e. The van der Waals surface area contributed by atoms with Gasteiger partial charge in [-0.15, -0.1) is 4.58 Å². The molecule has 0 fully saturated rings. The monoisotopic (exact) mass is 305 g/mol. The zero-order valence-corrected chi connectivity index (χ0v) is 13.8. The number of halogens is 1. The number of unbranched alkanes of at least 4 members (excludes halogenated alkanes) is 12. The molecular formula is C16H32ClNO2. The van der Waals surface area contributed by atoms with E-state index in [9.17, 15) is 4.79 Å². The highest BCUT2D eigenvalue weighted by Gasteiger charge is 2.06. The molecule has 0 saturated carbocycles. The second kappa shape index (κ2) is 15.1. The van der Waals surface area contributed by atoms with Crippen LogP contribution in [0, 0.1) is 0 Å². The third-order valence-corrected chi connectivity index (χ3v) is 3.89. The Kier molecular flexibility index (Phi) is 14.9. The smallest absolute Gasteiger partial charge is 0.261 e. The zero-order chi connectivity index (χ0) is 15.1. The van der Waals surface area contributed by atoms with Gasteiger partial charge >= 0.3 is 0 Å². The van der Waals surface area contributed by atoms with Crippen molar-refractivity contribution in [3.63, 3.8) is 0 Å². The molecule has 1 N–H and O–H groups in total. The number of nitrogens with zero attached hydrogens (tertiary/aromatic N) is 1. The summed E-state index contributed by atoms with van der Waals surface area (Å²) in [7, 11) is 0. The van der Waals surface area contributed by atoms with Gasteiger partial charge in [0.1, 0.15) is 0 Å². The maximum atomic E-state index is 11.0. The Labute approximate surface area is 129 Å². The summed E-state index contributed by atoms with van der Waals surface area (Å²) in [5.41, 5.74) is 0. The molecule has 0 aromatic carbocycles. The summed E-state index contributed by atoms with van der Waals surface area (Å²) in [5, 5.41) is 8.66. The maximum absolute atomic E-state index is 11.0. The predicted octanol–water partition coefficient (Wildman–Crippen LogP) is 5.84. The van der Waals surface area contributed by atoms with Gasteiger partial charge in [-0.3, -0.25) is 10.0 Å². The standard InChI is InChI=1S/C16H32ClNO2/c1-2-3-4-5-6-7-8-9-10-11-12-13-14-15-16(19)18(17)20/h20H,2-15H2,1H3. The van der Waals surface area contributed by atoms with Crippen LogP contribution in [0.5, 0.6) is 0 Å². The Morgan fingerprint density at radius 3 is 1.50 bits per heavy atom. The minimum absolute atomic E-state index is 0.167. The molecule has 0 spiro atoms. The minimum Gasteiger partial charge on any atom is -0.271 e. The molecule has 4 heteroatoms. The van der Waals surface area contributed by atoms with Gasteiger partial charge < -0.3 is 0 Å². The first kappa shape index (κ1) is 19.7. The number of carbonyl (C=O) groups is 1. The highest BCUT2D eigenvalue weighted by Crippen LogP contribution is 2.13. The average molecular weight is 306 g/mol. The van der Waals surface area contributed by atoms with E-state index < -0.39 is 5.91 Å². The van der Waals surface area contributed by atoms with E-state index in [-0.39, 0.29) is 4.58 Å². The van der Waals surface area contributed by atoms with E-state index in [0.717, 1.165) is 12.8 Å². The summed E-state index contributed by atoms with van der Waals surface area (Å²) in [4.78, 5) is 11.0. The topological polar surface area (TPSA) is 40.5 Å². The predicted molar refractivity (Wildman–Crippen MR) is 84.8 cm³/mol. The summed E-state index contributed by atoms with van der Waals surface area (Å²) in [6.45, 7) is 2.26. The van der Waals surface area contributed by atoms with Gasteiger partial charge in [0, 0.05) is 18.2 Å². The van der Waals surface area contributed by atoms with Crippen molar-refractivity contribution in [2.75, 3.05) is 0 Å². The summed E-state index contributed by atoms with van der Waals surface area (Å²) in [6.07, 6.45) is 17.0. The lowest BCUT2D eigenvalue weighted by Crippen LogP contribution is -2.16. The number of carbonyl (C=O) groups excluding carboxylic acids is 1. The Morgan fingerprint density at radius 1 is 0.800 bits per heavy atom. The SMILES string of the molecule is CCCCCCCCCCCCCCCC(=O)N(O)Cl. The Morgan fingerprint density at radius 2 is 1.15 bits per heavy atom. The molecule has 0 atom stereocenters. The fourth-order valence-electron chi connectivity index (χ4n) is 2.39. The van der Waals surface area contributed by atoms with Crippen LogP contribution in [-0.2, 0) is 4.79 Å². The van der Waals surface area contributed by atoms with Gasteiger partial charge in [-0.05, 0) is 6.42 Å². The van der Waals surface area contributed by atoms with E-state index in [4.69, 9.17) is 17.0 Å². The molecule has 0 rings (SSSR count). The Hall–Kier alpha value is -0.280. The van der Waals surface area contributed by atoms with Crippen LogP contribution in [0.15, 0.2) is 0 Å². The second-order valence-electron chi connectivity index (χ2n) is 5.65. The van der Waals surface area contributed by atoms with E-state index in [1.165, 1.54) is 70.6 Å². The van der Waals surface area contributed by atoms with Crippen LogP contribution in [0.2, 0.25) is 0 Å². The zero-order valence-electron chi connectivity index (χ0n) is 13.1. The van der Waals surface area contributed by atoms with E-state index in [2.05, 4.69) is 6.92 Å². The Balaban J connectivity index is 3.04. The van der Waals surface area contributed by atoms with Crippen molar-refractivity contribution in [2.24, 2.45) is 0 Å². The first-order valence-corrected chi connectivity index (χ1v) is 8.70. The summed E-state index contributed by atoms with van der Waals surface area (Å²) in [6, 6.07) is 0. The van der Waals surface area contributed by atoms with Gasteiger partial charge in [0.05, 0.1) is 0 Å². The fourth-order valence-corrected chi connectivity index (χ4v) is 2.47. The van der Waals surface area contributed by atoms with Gasteiger partial charge in [-0.1, -0.05) is 84.0 Å². The molecule has 0 aliphatic rings. The molecule has 3 nitrogen and oxygen atoms in total. The molecule has 0 aliphatic carbocycles. The molecule has 0 aliphatic heterocycles. The molecule has 0 saturated heterocycles. The van der Waals surface area contributed by atoms with E-state index >= 15 is 0 Å². The van der Waals surface area contributed by atoms with Crippen LogP contribution in [0.3, 0.4) is 0 Å². The van der Waals surface area contributed by atoms with Crippen LogP contribution in [0.25, 0.3) is 0 Å². The molecule has 20 heavy (non-hydrogen) atoms. The summed E-state index contributed by atoms with van der Waals surface area (Å²) < 4.78 is 0.167. The maximum Gasteiger partial charge on any atom is 0.261 e. The summed E-state index contributed by atoms with van der Waals surface area (Å²) in [5.74, 6) is -0.408. The van der Waals surface area contributed by atoms with Gasteiger partial charge in [0.15, 0.2) is 0 Å². The van der Waals surface area contributed by atoms with Crippen molar-refractivity contribution in [1.82, 2.24) is 4.58 Å². The van der Waals surface area contributed by atoms with E-state index in [1.807, 2.05) is 0 Å². The molecule has 0 bridgehead atoms. The molecule has 0 aromatic heterocycles. The molecule has 120 valence electrons. The number of hydrogen-bond acceptors (Lipinski definition) is 2. The first-order chi connectivity index (χ1) is 9.68. The lowest BCUT2D eigenvalue weighted by molar-refractivity contribution is -0.146. The quantitative estimate of drug-likeness (QED) is 0.189. The lowest BCUT2D eigenvalue weighted by atomic mass is 10.0. The number of hydrogen-bond donors (Lipinski definition) is 1. The number of hydroxylamine groups is 1. The van der Waals surface area contributed by atoms with Crippen LogP contribution in [0.1, 0.15) is 96.8 Å². The van der Waals surface area contributed by atoms with Crippen LogP contribution in [-0.4, -0.2) is 15.7 Å². The van der Waals surface area contributed by atoms with Crippen molar-refractivity contribution in [2.45, 2.75) is 96.8 Å². The third-order valence-electron chi connectivity index (χ3n) is 3.70.